The zero-order valence-corrected chi connectivity index (χ0v) is 10.7. The molecular weight excluding hydrogens is 202 g/mol. The molecule has 2 nitrogen and oxygen atoms in total. The van der Waals surface area contributed by atoms with Gasteiger partial charge in [-0.2, -0.15) is 0 Å². The Morgan fingerprint density at radius 2 is 1.77 bits per heavy atom. The highest BCUT2D eigenvalue weighted by Gasteiger charge is 1.90. The van der Waals surface area contributed by atoms with E-state index in [-0.39, 0.29) is 0 Å². The van der Waals surface area contributed by atoms with Gasteiger partial charge < -0.3 is 10.1 Å². The lowest BCUT2D eigenvalue weighted by Gasteiger charge is -1.99. The van der Waals surface area contributed by atoms with Crippen molar-refractivity contribution in [2.24, 2.45) is 0 Å². The minimum absolute atomic E-state index is 0.662. The van der Waals surface area contributed by atoms with Gasteiger partial charge in [-0.15, -0.1) is 0 Å². The van der Waals surface area contributed by atoms with Crippen molar-refractivity contribution in [1.29, 1.82) is 0 Å². The molecule has 0 aliphatic carbocycles. The van der Waals surface area contributed by atoms with Crippen LogP contribution in [0, 0.1) is 0 Å². The molecule has 0 unspecified atom stereocenters. The number of thiocarbonyl (C=S) groups is 1. The fourth-order valence-corrected chi connectivity index (χ4v) is 1.44. The lowest BCUT2D eigenvalue weighted by Crippen LogP contribution is -2.09. The van der Waals surface area contributed by atoms with Gasteiger partial charge >= 0.3 is 0 Å². The van der Waals surface area contributed by atoms with Gasteiger partial charge in [-0.25, -0.2) is 0 Å². The van der Waals surface area contributed by atoms with Crippen LogP contribution < -0.4 is 5.32 Å². The normalized spacial score (nSPS) is 8.62. The van der Waals surface area contributed by atoms with Crippen molar-refractivity contribution in [3.05, 3.63) is 0 Å². The number of thioether (sulfide) groups is 1. The highest BCUT2D eigenvalue weighted by Crippen LogP contribution is 2.03. The second kappa shape index (κ2) is 14.7. The number of ether oxygens (including phenoxy) is 1. The molecule has 0 aromatic heterocycles. The molecule has 0 aromatic carbocycles. The van der Waals surface area contributed by atoms with E-state index < -0.39 is 0 Å². The van der Waals surface area contributed by atoms with Gasteiger partial charge in [0.15, 0.2) is 0 Å². The van der Waals surface area contributed by atoms with Gasteiger partial charge in [0, 0.05) is 0 Å². The van der Waals surface area contributed by atoms with Crippen LogP contribution in [0.5, 0.6) is 0 Å². The molecule has 0 atom stereocenters. The van der Waals surface area contributed by atoms with E-state index in [0.29, 0.717) is 11.0 Å². The summed E-state index contributed by atoms with van der Waals surface area (Å²) in [6, 6.07) is 0. The summed E-state index contributed by atoms with van der Waals surface area (Å²) in [7, 11) is 0. The molecule has 0 saturated heterocycles. The first-order valence-electron chi connectivity index (χ1n) is 4.73. The number of hydrogen-bond donors (Lipinski definition) is 1. The molecule has 0 saturated carbocycles. The van der Waals surface area contributed by atoms with Gasteiger partial charge in [0.1, 0.15) is 0 Å². The molecule has 0 radical (unpaired) electrons. The molecule has 0 amide bonds. The molecule has 0 aliphatic heterocycles. The van der Waals surface area contributed by atoms with Gasteiger partial charge in [0.2, 0.25) is 4.38 Å². The molecule has 80 valence electrons. The third kappa shape index (κ3) is 18.9. The van der Waals surface area contributed by atoms with Crippen LogP contribution in [-0.4, -0.2) is 29.8 Å². The summed E-state index contributed by atoms with van der Waals surface area (Å²) in [4.78, 5) is 0. The molecule has 0 aliphatic rings. The summed E-state index contributed by atoms with van der Waals surface area (Å²) in [5, 5.41) is 3.11. The quantitative estimate of drug-likeness (QED) is 0.739. The van der Waals surface area contributed by atoms with E-state index in [1.54, 1.807) is 11.8 Å². The van der Waals surface area contributed by atoms with Crippen LogP contribution in [0.3, 0.4) is 0 Å². The Morgan fingerprint density at radius 3 is 2.00 bits per heavy atom. The van der Waals surface area contributed by atoms with Crippen molar-refractivity contribution in [3.63, 3.8) is 0 Å². The van der Waals surface area contributed by atoms with E-state index >= 15 is 0 Å². The van der Waals surface area contributed by atoms with E-state index in [0.717, 1.165) is 18.8 Å². The molecular formula is C9H21NOS2. The summed E-state index contributed by atoms with van der Waals surface area (Å²) >= 11 is 6.36. The fraction of sp³-hybridized carbons (Fsp3) is 0.889. The van der Waals surface area contributed by atoms with Crippen molar-refractivity contribution in [2.45, 2.75) is 27.7 Å². The minimum atomic E-state index is 0.662. The number of nitrogens with one attached hydrogen (secondary N) is 1. The maximum atomic E-state index is 4.98. The Balaban J connectivity index is 0. The topological polar surface area (TPSA) is 21.3 Å². The van der Waals surface area contributed by atoms with Gasteiger partial charge in [0.05, 0.1) is 6.61 Å². The summed E-state index contributed by atoms with van der Waals surface area (Å²) in [5.41, 5.74) is 0. The molecule has 0 fully saturated rings. The Morgan fingerprint density at radius 1 is 1.23 bits per heavy atom. The Bertz CT molecular complexity index is 99.8. The average Bonchev–Trinajstić information content (AvgIpc) is 2.08. The zero-order valence-electron chi connectivity index (χ0n) is 9.05. The van der Waals surface area contributed by atoms with Crippen molar-refractivity contribution in [1.82, 2.24) is 5.32 Å². The molecule has 13 heavy (non-hydrogen) atoms. The molecule has 0 aromatic rings. The summed E-state index contributed by atoms with van der Waals surface area (Å²) < 4.78 is 5.64. The van der Waals surface area contributed by atoms with E-state index in [9.17, 15) is 0 Å². The lowest BCUT2D eigenvalue weighted by atomic mass is 10.7. The van der Waals surface area contributed by atoms with E-state index in [1.807, 2.05) is 6.92 Å². The van der Waals surface area contributed by atoms with Crippen molar-refractivity contribution >= 4 is 28.4 Å². The van der Waals surface area contributed by atoms with Gasteiger partial charge in [0.25, 0.3) is 0 Å². The van der Waals surface area contributed by atoms with Crippen LogP contribution in [-0.2, 0) is 4.74 Å². The van der Waals surface area contributed by atoms with Gasteiger partial charge in [-0.1, -0.05) is 32.5 Å². The Kier molecular flexibility index (Phi) is 17.7. The zero-order chi connectivity index (χ0) is 10.5. The van der Waals surface area contributed by atoms with Crippen LogP contribution in [0.4, 0.5) is 0 Å². The molecule has 0 spiro atoms. The van der Waals surface area contributed by atoms with Crippen molar-refractivity contribution < 1.29 is 4.74 Å². The highest BCUT2D eigenvalue weighted by molar-refractivity contribution is 8.22. The average molecular weight is 223 g/mol. The maximum Gasteiger partial charge on any atom is 0.219 e. The predicted molar refractivity (Wildman–Crippen MR) is 66.6 cm³/mol. The second-order valence-corrected chi connectivity index (χ2v) is 3.94. The van der Waals surface area contributed by atoms with Crippen LogP contribution in [0.15, 0.2) is 0 Å². The Hall–Kier alpha value is 0.200. The van der Waals surface area contributed by atoms with Crippen molar-refractivity contribution in [2.75, 3.05) is 25.4 Å². The third-order valence-corrected chi connectivity index (χ3v) is 2.14. The van der Waals surface area contributed by atoms with E-state index in [4.69, 9.17) is 17.0 Å². The van der Waals surface area contributed by atoms with Crippen LogP contribution in [0.25, 0.3) is 0 Å². The van der Waals surface area contributed by atoms with E-state index in [2.05, 4.69) is 26.1 Å². The SMILES string of the molecule is CCNCC.CCOC(=S)SCC. The highest BCUT2D eigenvalue weighted by atomic mass is 32.2. The minimum Gasteiger partial charge on any atom is -0.479 e. The summed E-state index contributed by atoms with van der Waals surface area (Å²) in [6.45, 7) is 11.1. The monoisotopic (exact) mass is 223 g/mol. The second-order valence-electron chi connectivity index (χ2n) is 2.07. The van der Waals surface area contributed by atoms with Crippen LogP contribution >= 0.6 is 24.0 Å². The van der Waals surface area contributed by atoms with Crippen LogP contribution in [0.2, 0.25) is 0 Å². The Labute approximate surface area is 91.8 Å². The summed E-state index contributed by atoms with van der Waals surface area (Å²) in [6.07, 6.45) is 0. The smallest absolute Gasteiger partial charge is 0.219 e. The predicted octanol–water partition coefficient (Wildman–Crippen LogP) is 2.68. The molecule has 4 heteroatoms. The maximum absolute atomic E-state index is 4.98. The molecule has 1 N–H and O–H groups in total. The summed E-state index contributed by atoms with van der Waals surface area (Å²) in [5.74, 6) is 0.999. The number of rotatable bonds is 4. The van der Waals surface area contributed by atoms with Crippen LogP contribution in [0.1, 0.15) is 27.7 Å². The largest absolute Gasteiger partial charge is 0.479 e. The fourth-order valence-electron chi connectivity index (χ4n) is 0.527. The lowest BCUT2D eigenvalue weighted by molar-refractivity contribution is 0.346. The van der Waals surface area contributed by atoms with Gasteiger partial charge in [-0.05, 0) is 38.0 Å². The standard InChI is InChI=1S/C5H10OS2.C4H11N/c1-3-6-5(7)8-4-2;1-3-5-4-2/h3-4H2,1-2H3;5H,3-4H2,1-2H3. The van der Waals surface area contributed by atoms with E-state index in [1.165, 1.54) is 0 Å². The van der Waals surface area contributed by atoms with Gasteiger partial charge in [-0.3, -0.25) is 0 Å². The first-order chi connectivity index (χ1) is 6.22. The molecule has 0 rings (SSSR count). The molecule has 0 heterocycles. The number of hydrogen-bond acceptors (Lipinski definition) is 4. The third-order valence-electron chi connectivity index (χ3n) is 1.02. The first kappa shape index (κ1) is 15.7. The molecule has 0 bridgehead atoms. The van der Waals surface area contributed by atoms with Crippen molar-refractivity contribution in [3.8, 4) is 0 Å². The first-order valence-corrected chi connectivity index (χ1v) is 6.12.